The number of nitrogens with zero attached hydrogens (tertiary/aromatic N) is 3. The minimum absolute atomic E-state index is 0.112. The Bertz CT molecular complexity index is 321. The number of anilines is 1. The Morgan fingerprint density at radius 2 is 2.43 bits per heavy atom. The van der Waals surface area contributed by atoms with Gasteiger partial charge in [-0.15, -0.1) is 5.10 Å². The van der Waals surface area contributed by atoms with Gasteiger partial charge in [0.25, 0.3) is 0 Å². The molecule has 5 heteroatoms. The van der Waals surface area contributed by atoms with Gasteiger partial charge in [-0.25, -0.2) is 0 Å². The summed E-state index contributed by atoms with van der Waals surface area (Å²) in [6.45, 7) is 3.57. The number of carbonyl (C=O) groups is 1. The summed E-state index contributed by atoms with van der Waals surface area (Å²) in [4.78, 5) is 12.4. The predicted molar refractivity (Wildman–Crippen MR) is 51.8 cm³/mol. The summed E-state index contributed by atoms with van der Waals surface area (Å²) in [5, 5.41) is 10.6. The van der Waals surface area contributed by atoms with Crippen LogP contribution in [0.4, 0.5) is 5.82 Å². The molecular formula is C9H12N4O. The van der Waals surface area contributed by atoms with Crippen molar-refractivity contribution in [2.75, 3.05) is 18.0 Å². The molecule has 14 heavy (non-hydrogen) atoms. The summed E-state index contributed by atoms with van der Waals surface area (Å²) in [5.41, 5.74) is -0.112. The molecule has 5 nitrogen and oxygen atoms in total. The van der Waals surface area contributed by atoms with Gasteiger partial charge in [0.15, 0.2) is 5.82 Å². The summed E-state index contributed by atoms with van der Waals surface area (Å²) in [5.74, 6) is 0.859. The van der Waals surface area contributed by atoms with E-state index in [1.807, 2.05) is 19.1 Å². The molecule has 0 unspecified atom stereocenters. The van der Waals surface area contributed by atoms with Crippen LogP contribution in [0.25, 0.3) is 0 Å². The first kappa shape index (κ1) is 8.93. The number of hydrogen-bond donors (Lipinski definition) is 1. The van der Waals surface area contributed by atoms with Crippen LogP contribution in [-0.2, 0) is 4.79 Å². The molecule has 0 spiro atoms. The molecule has 2 rings (SSSR count). The first-order valence-corrected chi connectivity index (χ1v) is 4.47. The molecule has 1 aromatic rings. The Labute approximate surface area is 82.1 Å². The second kappa shape index (κ2) is 3.25. The molecule has 1 aliphatic heterocycles. The highest BCUT2D eigenvalue weighted by Crippen LogP contribution is 2.24. The zero-order chi connectivity index (χ0) is 10.0. The smallest absolute Gasteiger partial charge is 0.207 e. The van der Waals surface area contributed by atoms with E-state index in [9.17, 15) is 4.79 Å². The van der Waals surface area contributed by atoms with Crippen LogP contribution in [0.15, 0.2) is 18.3 Å². The van der Waals surface area contributed by atoms with Crippen LogP contribution in [0.5, 0.6) is 0 Å². The highest BCUT2D eigenvalue weighted by atomic mass is 16.1. The molecule has 0 bridgehead atoms. The molecule has 1 amide bonds. The van der Waals surface area contributed by atoms with Crippen molar-refractivity contribution in [2.24, 2.45) is 0 Å². The number of rotatable bonds is 3. The lowest BCUT2D eigenvalue weighted by atomic mass is 9.92. The molecule has 1 saturated heterocycles. The molecule has 1 fully saturated rings. The average Bonchev–Trinajstić information content (AvgIpc) is 2.16. The van der Waals surface area contributed by atoms with Crippen LogP contribution in [-0.4, -0.2) is 35.2 Å². The lowest BCUT2D eigenvalue weighted by Gasteiger charge is -2.47. The van der Waals surface area contributed by atoms with Crippen LogP contribution in [0, 0.1) is 0 Å². The third-order valence-corrected chi connectivity index (χ3v) is 2.37. The minimum atomic E-state index is -0.112. The minimum Gasteiger partial charge on any atom is -0.350 e. The summed E-state index contributed by atoms with van der Waals surface area (Å²) in [6.07, 6.45) is 2.39. The van der Waals surface area contributed by atoms with E-state index in [0.29, 0.717) is 0 Å². The normalized spacial score (nSPS) is 18.5. The van der Waals surface area contributed by atoms with Crippen molar-refractivity contribution in [3.8, 4) is 0 Å². The van der Waals surface area contributed by atoms with Crippen molar-refractivity contribution in [3.63, 3.8) is 0 Å². The van der Waals surface area contributed by atoms with E-state index < -0.39 is 0 Å². The van der Waals surface area contributed by atoms with Gasteiger partial charge in [0, 0.05) is 19.3 Å². The van der Waals surface area contributed by atoms with Crippen molar-refractivity contribution in [2.45, 2.75) is 12.5 Å². The SMILES string of the molecule is CC1(NC=O)CN(c2cccnn2)C1. The van der Waals surface area contributed by atoms with Crippen molar-refractivity contribution in [1.82, 2.24) is 15.5 Å². The fourth-order valence-corrected chi connectivity index (χ4v) is 1.65. The molecule has 0 saturated carbocycles. The number of hydrogen-bond acceptors (Lipinski definition) is 4. The van der Waals surface area contributed by atoms with E-state index in [4.69, 9.17) is 0 Å². The van der Waals surface area contributed by atoms with E-state index in [1.165, 1.54) is 0 Å². The van der Waals surface area contributed by atoms with Crippen molar-refractivity contribution < 1.29 is 4.79 Å². The zero-order valence-electron chi connectivity index (χ0n) is 7.97. The number of carbonyl (C=O) groups excluding carboxylic acids is 1. The fourth-order valence-electron chi connectivity index (χ4n) is 1.65. The summed E-state index contributed by atoms with van der Waals surface area (Å²) in [7, 11) is 0. The van der Waals surface area contributed by atoms with E-state index >= 15 is 0 Å². The Hall–Kier alpha value is -1.65. The van der Waals surface area contributed by atoms with Crippen LogP contribution in [0.1, 0.15) is 6.92 Å². The highest BCUT2D eigenvalue weighted by Gasteiger charge is 2.38. The first-order chi connectivity index (χ1) is 6.73. The topological polar surface area (TPSA) is 58.1 Å². The molecule has 2 heterocycles. The molecular weight excluding hydrogens is 180 g/mol. The van der Waals surface area contributed by atoms with Crippen LogP contribution in [0.3, 0.4) is 0 Å². The van der Waals surface area contributed by atoms with Gasteiger partial charge in [-0.2, -0.15) is 5.10 Å². The van der Waals surface area contributed by atoms with Crippen molar-refractivity contribution in [3.05, 3.63) is 18.3 Å². The average molecular weight is 192 g/mol. The Balaban J connectivity index is 1.98. The van der Waals surface area contributed by atoms with Gasteiger partial charge in [-0.3, -0.25) is 4.79 Å². The van der Waals surface area contributed by atoms with E-state index in [0.717, 1.165) is 25.3 Å². The molecule has 0 aromatic carbocycles. The molecule has 1 aromatic heterocycles. The molecule has 1 aliphatic rings. The van der Waals surface area contributed by atoms with Crippen LogP contribution >= 0.6 is 0 Å². The number of amides is 1. The Morgan fingerprint density at radius 3 is 3.00 bits per heavy atom. The number of nitrogens with one attached hydrogen (secondary N) is 1. The number of aromatic nitrogens is 2. The standard InChI is InChI=1S/C9H12N4O/c1-9(10-7-14)5-13(6-9)8-3-2-4-11-12-8/h2-4,7H,5-6H2,1H3,(H,10,14). The largest absolute Gasteiger partial charge is 0.350 e. The quantitative estimate of drug-likeness (QED) is 0.674. The van der Waals surface area contributed by atoms with Crippen molar-refractivity contribution >= 4 is 12.2 Å². The van der Waals surface area contributed by atoms with Gasteiger partial charge >= 0.3 is 0 Å². The van der Waals surface area contributed by atoms with E-state index in [1.54, 1.807) is 6.20 Å². The maximum atomic E-state index is 10.3. The molecule has 74 valence electrons. The predicted octanol–water partition coefficient (Wildman–Crippen LogP) is -0.199. The van der Waals surface area contributed by atoms with Gasteiger partial charge in [-0.05, 0) is 19.1 Å². The summed E-state index contributed by atoms with van der Waals surface area (Å²) in [6, 6.07) is 3.76. The van der Waals surface area contributed by atoms with Crippen molar-refractivity contribution in [1.29, 1.82) is 0 Å². The van der Waals surface area contributed by atoms with Gasteiger partial charge in [-0.1, -0.05) is 0 Å². The second-order valence-electron chi connectivity index (χ2n) is 3.76. The Morgan fingerprint density at radius 1 is 1.64 bits per heavy atom. The molecule has 1 N–H and O–H groups in total. The zero-order valence-corrected chi connectivity index (χ0v) is 7.97. The fraction of sp³-hybridized carbons (Fsp3) is 0.444. The summed E-state index contributed by atoms with van der Waals surface area (Å²) < 4.78 is 0. The maximum absolute atomic E-state index is 10.3. The van der Waals surface area contributed by atoms with E-state index in [2.05, 4.69) is 20.4 Å². The van der Waals surface area contributed by atoms with E-state index in [-0.39, 0.29) is 5.54 Å². The Kier molecular flexibility index (Phi) is 2.07. The lowest BCUT2D eigenvalue weighted by molar-refractivity contribution is -0.111. The highest BCUT2D eigenvalue weighted by molar-refractivity contribution is 5.52. The van der Waals surface area contributed by atoms with Crippen LogP contribution in [0.2, 0.25) is 0 Å². The third kappa shape index (κ3) is 1.53. The molecule has 0 aliphatic carbocycles. The maximum Gasteiger partial charge on any atom is 0.207 e. The lowest BCUT2D eigenvalue weighted by Crippen LogP contribution is -2.67. The molecule has 0 radical (unpaired) electrons. The summed E-state index contributed by atoms with van der Waals surface area (Å²) >= 11 is 0. The van der Waals surface area contributed by atoms with Crippen LogP contribution < -0.4 is 10.2 Å². The first-order valence-electron chi connectivity index (χ1n) is 4.47. The third-order valence-electron chi connectivity index (χ3n) is 2.37. The van der Waals surface area contributed by atoms with Gasteiger partial charge in [0.1, 0.15) is 0 Å². The van der Waals surface area contributed by atoms with Gasteiger partial charge in [0.05, 0.1) is 5.54 Å². The molecule has 0 atom stereocenters. The van der Waals surface area contributed by atoms with Gasteiger partial charge in [0.2, 0.25) is 6.41 Å². The van der Waals surface area contributed by atoms with Gasteiger partial charge < -0.3 is 10.2 Å². The second-order valence-corrected chi connectivity index (χ2v) is 3.76. The monoisotopic (exact) mass is 192 g/mol.